The van der Waals surface area contributed by atoms with Gasteiger partial charge in [0.15, 0.2) is 0 Å². The van der Waals surface area contributed by atoms with Gasteiger partial charge >= 0.3 is 12.1 Å². The van der Waals surface area contributed by atoms with E-state index < -0.39 is 35.4 Å². The van der Waals surface area contributed by atoms with E-state index in [0.717, 1.165) is 6.92 Å². The number of rotatable bonds is 7. The summed E-state index contributed by atoms with van der Waals surface area (Å²) in [5.74, 6) is -5.08. The Morgan fingerprint density at radius 2 is 1.88 bits per heavy atom. The van der Waals surface area contributed by atoms with Crippen LogP contribution >= 0.6 is 23.2 Å². The molecule has 0 bridgehead atoms. The highest BCUT2D eigenvalue weighted by atomic mass is 35.5. The SMILES string of the molecule is C[C@H]([C@H](C(=O)Nc1cc(CCC(=O)OC(C)(C)C)ccc1Cl)C1C=CC(Cl)=CC1)C(F)(F)F. The average molecular weight is 506 g/mol. The standard InChI is InChI=1S/C24H28Cl2F3NO3/c1-14(24(27,28)29)21(16-7-9-17(25)10-8-16)22(32)30-19-13-15(5-11-18(19)26)6-12-20(31)33-23(2,3)4/h5,7,9-11,13-14,16,21H,6,8,12H2,1-4H3,(H,30,32)/t14-,16?,21+/m1/s1. The van der Waals surface area contributed by atoms with Crippen molar-refractivity contribution >= 4 is 40.8 Å². The van der Waals surface area contributed by atoms with Crippen LogP contribution in [0.25, 0.3) is 0 Å². The number of allylic oxidation sites excluding steroid dienone is 4. The molecule has 0 saturated carbocycles. The molecule has 2 rings (SSSR count). The molecule has 3 atom stereocenters. The van der Waals surface area contributed by atoms with Crippen molar-refractivity contribution in [2.75, 3.05) is 5.32 Å². The zero-order valence-electron chi connectivity index (χ0n) is 18.9. The molecule has 1 aromatic rings. The van der Waals surface area contributed by atoms with Crippen LogP contribution in [0.2, 0.25) is 5.02 Å². The van der Waals surface area contributed by atoms with Gasteiger partial charge in [-0.15, -0.1) is 0 Å². The summed E-state index contributed by atoms with van der Waals surface area (Å²) in [7, 11) is 0. The van der Waals surface area contributed by atoms with Crippen molar-refractivity contribution in [1.82, 2.24) is 0 Å². The number of amides is 1. The zero-order valence-corrected chi connectivity index (χ0v) is 20.4. The van der Waals surface area contributed by atoms with E-state index in [1.807, 2.05) is 0 Å². The molecule has 1 aliphatic carbocycles. The quantitative estimate of drug-likeness (QED) is 0.403. The number of aryl methyl sites for hydroxylation is 1. The first-order valence-corrected chi connectivity index (χ1v) is 11.3. The predicted molar refractivity (Wildman–Crippen MR) is 124 cm³/mol. The summed E-state index contributed by atoms with van der Waals surface area (Å²) in [6.07, 6.45) is 0.736. The number of esters is 1. The minimum absolute atomic E-state index is 0.111. The van der Waals surface area contributed by atoms with Crippen LogP contribution in [0.1, 0.15) is 46.1 Å². The van der Waals surface area contributed by atoms with E-state index in [1.165, 1.54) is 18.2 Å². The summed E-state index contributed by atoms with van der Waals surface area (Å²) in [6.45, 7) is 6.30. The van der Waals surface area contributed by atoms with E-state index in [0.29, 0.717) is 17.0 Å². The lowest BCUT2D eigenvalue weighted by Crippen LogP contribution is -2.40. The second-order valence-corrected chi connectivity index (χ2v) is 9.94. The molecule has 0 saturated heterocycles. The summed E-state index contributed by atoms with van der Waals surface area (Å²) in [5, 5.41) is 3.17. The molecule has 1 unspecified atom stereocenters. The molecule has 4 nitrogen and oxygen atoms in total. The van der Waals surface area contributed by atoms with Gasteiger partial charge in [0.05, 0.1) is 22.5 Å². The fourth-order valence-electron chi connectivity index (χ4n) is 3.55. The molecule has 1 N–H and O–H groups in total. The van der Waals surface area contributed by atoms with Crippen LogP contribution in [0.15, 0.2) is 41.5 Å². The molecule has 0 spiro atoms. The van der Waals surface area contributed by atoms with Gasteiger partial charge in [-0.05, 0) is 63.3 Å². The summed E-state index contributed by atoms with van der Waals surface area (Å²) in [4.78, 5) is 25.0. The first kappa shape index (κ1) is 27.3. The minimum atomic E-state index is -4.56. The Morgan fingerprint density at radius 1 is 1.21 bits per heavy atom. The Hall–Kier alpha value is -1.99. The van der Waals surface area contributed by atoms with E-state index in [1.54, 1.807) is 39.0 Å². The molecule has 0 fully saturated rings. The van der Waals surface area contributed by atoms with Crippen LogP contribution in [0.3, 0.4) is 0 Å². The summed E-state index contributed by atoms with van der Waals surface area (Å²) in [6, 6.07) is 4.79. The maximum absolute atomic E-state index is 13.6. The number of benzene rings is 1. The van der Waals surface area contributed by atoms with Crippen molar-refractivity contribution < 1.29 is 27.5 Å². The third-order valence-electron chi connectivity index (χ3n) is 5.23. The van der Waals surface area contributed by atoms with Crippen LogP contribution in [-0.4, -0.2) is 23.7 Å². The van der Waals surface area contributed by atoms with Gasteiger partial charge in [0, 0.05) is 11.5 Å². The zero-order chi connectivity index (χ0) is 25.0. The molecule has 0 heterocycles. The summed E-state index contributed by atoms with van der Waals surface area (Å²) in [5.41, 5.74) is 0.275. The van der Waals surface area contributed by atoms with Gasteiger partial charge in [-0.25, -0.2) is 0 Å². The number of ether oxygens (including phenoxy) is 1. The number of carbonyl (C=O) groups excluding carboxylic acids is 2. The lowest BCUT2D eigenvalue weighted by molar-refractivity contribution is -0.188. The van der Waals surface area contributed by atoms with E-state index in [9.17, 15) is 22.8 Å². The number of halogens is 5. The molecule has 0 aliphatic heterocycles. The van der Waals surface area contributed by atoms with Gasteiger partial charge in [-0.1, -0.05) is 48.3 Å². The molecule has 1 aliphatic rings. The van der Waals surface area contributed by atoms with Crippen LogP contribution < -0.4 is 5.32 Å². The molecule has 0 radical (unpaired) electrons. The Balaban J connectivity index is 2.19. The van der Waals surface area contributed by atoms with Crippen molar-refractivity contribution in [3.05, 3.63) is 52.0 Å². The van der Waals surface area contributed by atoms with Crippen molar-refractivity contribution in [1.29, 1.82) is 0 Å². The second kappa shape index (κ2) is 11.0. The number of hydrogen-bond acceptors (Lipinski definition) is 3. The van der Waals surface area contributed by atoms with Crippen molar-refractivity contribution in [2.45, 2.75) is 58.7 Å². The van der Waals surface area contributed by atoms with Gasteiger partial charge < -0.3 is 10.1 Å². The predicted octanol–water partition coefficient (Wildman–Crippen LogP) is 7.07. The van der Waals surface area contributed by atoms with Crippen LogP contribution in [0.5, 0.6) is 0 Å². The van der Waals surface area contributed by atoms with Gasteiger partial charge in [0.1, 0.15) is 5.60 Å². The Labute approximate surface area is 202 Å². The van der Waals surface area contributed by atoms with E-state index >= 15 is 0 Å². The van der Waals surface area contributed by atoms with E-state index in [4.69, 9.17) is 27.9 Å². The minimum Gasteiger partial charge on any atom is -0.460 e. The van der Waals surface area contributed by atoms with E-state index in [-0.39, 0.29) is 29.5 Å². The number of hydrogen-bond donors (Lipinski definition) is 1. The van der Waals surface area contributed by atoms with Gasteiger partial charge in [0.25, 0.3) is 0 Å². The highest BCUT2D eigenvalue weighted by Gasteiger charge is 2.46. The lowest BCUT2D eigenvalue weighted by atomic mass is 9.78. The van der Waals surface area contributed by atoms with Crippen molar-refractivity contribution in [2.24, 2.45) is 17.8 Å². The topological polar surface area (TPSA) is 55.4 Å². The third kappa shape index (κ3) is 8.38. The monoisotopic (exact) mass is 505 g/mol. The molecule has 9 heteroatoms. The highest BCUT2D eigenvalue weighted by Crippen LogP contribution is 2.40. The molecule has 33 heavy (non-hydrogen) atoms. The summed E-state index contributed by atoms with van der Waals surface area (Å²) < 4.78 is 45.9. The Bertz CT molecular complexity index is 936. The average Bonchev–Trinajstić information content (AvgIpc) is 2.68. The second-order valence-electron chi connectivity index (χ2n) is 9.09. The van der Waals surface area contributed by atoms with Crippen LogP contribution in [0, 0.1) is 17.8 Å². The highest BCUT2D eigenvalue weighted by molar-refractivity contribution is 6.33. The van der Waals surface area contributed by atoms with Crippen LogP contribution in [0.4, 0.5) is 18.9 Å². The Kier molecular flexibility index (Phi) is 9.05. The smallest absolute Gasteiger partial charge is 0.392 e. The van der Waals surface area contributed by atoms with Crippen LogP contribution in [-0.2, 0) is 20.7 Å². The first-order valence-electron chi connectivity index (χ1n) is 10.6. The fourth-order valence-corrected chi connectivity index (χ4v) is 3.88. The molecular formula is C24H28Cl2F3NO3. The number of alkyl halides is 3. The van der Waals surface area contributed by atoms with Gasteiger partial charge in [-0.3, -0.25) is 9.59 Å². The van der Waals surface area contributed by atoms with E-state index in [2.05, 4.69) is 5.32 Å². The van der Waals surface area contributed by atoms with Crippen molar-refractivity contribution in [3.8, 4) is 0 Å². The molecular weight excluding hydrogens is 478 g/mol. The lowest BCUT2D eigenvalue weighted by Gasteiger charge is -2.31. The van der Waals surface area contributed by atoms with Gasteiger partial charge in [0.2, 0.25) is 5.91 Å². The number of carbonyl (C=O) groups is 2. The first-order chi connectivity index (χ1) is 15.2. The van der Waals surface area contributed by atoms with Crippen molar-refractivity contribution in [3.63, 3.8) is 0 Å². The Morgan fingerprint density at radius 3 is 2.42 bits per heavy atom. The number of nitrogens with one attached hydrogen (secondary N) is 1. The molecule has 0 aromatic heterocycles. The molecule has 1 aromatic carbocycles. The maximum Gasteiger partial charge on any atom is 0.392 e. The van der Waals surface area contributed by atoms with Gasteiger partial charge in [-0.2, -0.15) is 13.2 Å². The normalized spacial score (nSPS) is 18.3. The number of anilines is 1. The summed E-state index contributed by atoms with van der Waals surface area (Å²) >= 11 is 12.1. The fraction of sp³-hybridized carbons (Fsp3) is 0.500. The third-order valence-corrected chi connectivity index (χ3v) is 5.84. The molecule has 1 amide bonds. The largest absolute Gasteiger partial charge is 0.460 e. The maximum atomic E-state index is 13.6. The molecule has 182 valence electrons.